The highest BCUT2D eigenvalue weighted by Crippen LogP contribution is 2.29. The van der Waals surface area contributed by atoms with Crippen LogP contribution in [0.4, 0.5) is 11.4 Å². The second-order valence-corrected chi connectivity index (χ2v) is 4.84. The summed E-state index contributed by atoms with van der Waals surface area (Å²) in [6.45, 7) is 1.86. The molecule has 2 aromatic rings. The SMILES string of the molecule is CN(C)CCNc1ccc2scnc2c1N. The largest absolute Gasteiger partial charge is 0.395 e. The Morgan fingerprint density at radius 3 is 3.00 bits per heavy atom. The van der Waals surface area contributed by atoms with Gasteiger partial charge in [-0.2, -0.15) is 0 Å². The van der Waals surface area contributed by atoms with Crippen LogP contribution in [0, 0.1) is 0 Å². The van der Waals surface area contributed by atoms with Crippen LogP contribution in [0.3, 0.4) is 0 Å². The summed E-state index contributed by atoms with van der Waals surface area (Å²) < 4.78 is 1.13. The number of benzene rings is 1. The Kier molecular flexibility index (Phi) is 3.26. The van der Waals surface area contributed by atoms with Crippen molar-refractivity contribution in [3.05, 3.63) is 17.6 Å². The summed E-state index contributed by atoms with van der Waals surface area (Å²) >= 11 is 1.61. The Morgan fingerprint density at radius 1 is 1.44 bits per heavy atom. The first-order valence-electron chi connectivity index (χ1n) is 5.19. The average molecular weight is 236 g/mol. The molecule has 16 heavy (non-hydrogen) atoms. The highest BCUT2D eigenvalue weighted by atomic mass is 32.1. The number of fused-ring (bicyclic) bond motifs is 1. The van der Waals surface area contributed by atoms with Crippen molar-refractivity contribution >= 4 is 32.9 Å². The van der Waals surface area contributed by atoms with E-state index in [0.717, 1.165) is 34.7 Å². The molecule has 1 aromatic carbocycles. The first-order valence-corrected chi connectivity index (χ1v) is 6.06. The molecule has 0 radical (unpaired) electrons. The van der Waals surface area contributed by atoms with E-state index in [1.165, 1.54) is 0 Å². The average Bonchev–Trinajstić information content (AvgIpc) is 2.69. The molecule has 2 rings (SSSR count). The molecule has 0 saturated heterocycles. The third-order valence-corrected chi connectivity index (χ3v) is 3.21. The van der Waals surface area contributed by atoms with E-state index < -0.39 is 0 Å². The van der Waals surface area contributed by atoms with E-state index in [0.29, 0.717) is 0 Å². The molecular formula is C11H16N4S. The zero-order valence-electron chi connectivity index (χ0n) is 9.53. The number of nitrogens with zero attached hydrogens (tertiary/aromatic N) is 2. The first-order chi connectivity index (χ1) is 7.68. The molecule has 0 saturated carbocycles. The minimum absolute atomic E-state index is 0.748. The van der Waals surface area contributed by atoms with Crippen LogP contribution in [0.5, 0.6) is 0 Å². The van der Waals surface area contributed by atoms with Crippen molar-refractivity contribution in [2.45, 2.75) is 0 Å². The van der Waals surface area contributed by atoms with Crippen molar-refractivity contribution in [2.75, 3.05) is 38.2 Å². The lowest BCUT2D eigenvalue weighted by Gasteiger charge is -2.12. The molecule has 1 heterocycles. The molecule has 0 aliphatic carbocycles. The maximum Gasteiger partial charge on any atom is 0.106 e. The fraction of sp³-hybridized carbons (Fsp3) is 0.364. The summed E-state index contributed by atoms with van der Waals surface area (Å²) in [5, 5.41) is 3.32. The third kappa shape index (κ3) is 2.25. The van der Waals surface area contributed by atoms with E-state index in [4.69, 9.17) is 5.73 Å². The number of nitrogen functional groups attached to an aromatic ring is 1. The van der Waals surface area contributed by atoms with Gasteiger partial charge in [0.15, 0.2) is 0 Å². The van der Waals surface area contributed by atoms with E-state index in [2.05, 4.69) is 35.4 Å². The number of hydrogen-bond donors (Lipinski definition) is 2. The summed E-state index contributed by atoms with van der Waals surface area (Å²) in [7, 11) is 4.10. The molecule has 86 valence electrons. The number of aromatic nitrogens is 1. The standard InChI is InChI=1S/C11H16N4S/c1-15(2)6-5-13-8-3-4-9-11(10(8)12)14-7-16-9/h3-4,7,13H,5-6,12H2,1-2H3. The summed E-state index contributed by atoms with van der Waals surface area (Å²) in [4.78, 5) is 6.39. The lowest BCUT2D eigenvalue weighted by atomic mass is 10.2. The van der Waals surface area contributed by atoms with Crippen LogP contribution in [0.1, 0.15) is 0 Å². The van der Waals surface area contributed by atoms with Gasteiger partial charge < -0.3 is 16.0 Å². The molecule has 0 atom stereocenters. The van der Waals surface area contributed by atoms with Crippen LogP contribution in [-0.4, -0.2) is 37.1 Å². The van der Waals surface area contributed by atoms with Crippen molar-refractivity contribution in [1.29, 1.82) is 0 Å². The number of thiazole rings is 1. The molecule has 1 aromatic heterocycles. The second kappa shape index (κ2) is 4.67. The molecule has 0 spiro atoms. The smallest absolute Gasteiger partial charge is 0.106 e. The summed E-state index contributed by atoms with van der Waals surface area (Å²) in [5.41, 5.74) is 10.5. The van der Waals surface area contributed by atoms with E-state index >= 15 is 0 Å². The number of likely N-dealkylation sites (N-methyl/N-ethyl adjacent to an activating group) is 1. The molecule has 0 fully saturated rings. The highest BCUT2D eigenvalue weighted by Gasteiger charge is 2.05. The predicted molar refractivity (Wildman–Crippen MR) is 71.1 cm³/mol. The summed E-state index contributed by atoms with van der Waals surface area (Å²) in [6, 6.07) is 4.08. The number of rotatable bonds is 4. The Morgan fingerprint density at radius 2 is 2.25 bits per heavy atom. The number of nitrogens with two attached hydrogens (primary N) is 1. The Bertz CT molecular complexity index is 478. The lowest BCUT2D eigenvalue weighted by molar-refractivity contribution is 0.425. The van der Waals surface area contributed by atoms with Gasteiger partial charge in [-0.3, -0.25) is 0 Å². The fourth-order valence-corrected chi connectivity index (χ4v) is 2.21. The van der Waals surface area contributed by atoms with E-state index in [-0.39, 0.29) is 0 Å². The monoisotopic (exact) mass is 236 g/mol. The zero-order valence-corrected chi connectivity index (χ0v) is 10.3. The molecule has 3 N–H and O–H groups in total. The van der Waals surface area contributed by atoms with Gasteiger partial charge in [-0.1, -0.05) is 0 Å². The zero-order chi connectivity index (χ0) is 11.5. The summed E-state index contributed by atoms with van der Waals surface area (Å²) in [6.07, 6.45) is 0. The minimum Gasteiger partial charge on any atom is -0.395 e. The van der Waals surface area contributed by atoms with E-state index in [9.17, 15) is 0 Å². The quantitative estimate of drug-likeness (QED) is 0.796. The van der Waals surface area contributed by atoms with Crippen molar-refractivity contribution in [1.82, 2.24) is 9.88 Å². The van der Waals surface area contributed by atoms with Crippen molar-refractivity contribution in [2.24, 2.45) is 0 Å². The summed E-state index contributed by atoms with van der Waals surface area (Å²) in [5.74, 6) is 0. The van der Waals surface area contributed by atoms with Gasteiger partial charge in [-0.05, 0) is 26.2 Å². The molecule has 5 heteroatoms. The van der Waals surface area contributed by atoms with Crippen LogP contribution in [0.2, 0.25) is 0 Å². The van der Waals surface area contributed by atoms with Gasteiger partial charge in [0.1, 0.15) is 5.52 Å². The topological polar surface area (TPSA) is 54.2 Å². The van der Waals surface area contributed by atoms with Crippen LogP contribution in [0.15, 0.2) is 17.6 Å². The molecule has 0 aliphatic rings. The Balaban J connectivity index is 2.15. The van der Waals surface area contributed by atoms with Crippen LogP contribution in [0.25, 0.3) is 10.2 Å². The van der Waals surface area contributed by atoms with Gasteiger partial charge in [-0.15, -0.1) is 11.3 Å². The fourth-order valence-electron chi connectivity index (χ4n) is 1.52. The van der Waals surface area contributed by atoms with Gasteiger partial charge in [0.05, 0.1) is 21.6 Å². The number of nitrogens with one attached hydrogen (secondary N) is 1. The van der Waals surface area contributed by atoms with Gasteiger partial charge in [0.25, 0.3) is 0 Å². The first kappa shape index (κ1) is 11.2. The van der Waals surface area contributed by atoms with Crippen molar-refractivity contribution in [3.8, 4) is 0 Å². The van der Waals surface area contributed by atoms with E-state index in [1.54, 1.807) is 11.3 Å². The predicted octanol–water partition coefficient (Wildman–Crippen LogP) is 1.85. The maximum atomic E-state index is 6.05. The normalized spacial score (nSPS) is 11.2. The molecule has 0 unspecified atom stereocenters. The Hall–Kier alpha value is -1.33. The maximum absolute atomic E-state index is 6.05. The lowest BCUT2D eigenvalue weighted by Crippen LogP contribution is -2.21. The Labute approximate surface area is 99.1 Å². The van der Waals surface area contributed by atoms with Crippen molar-refractivity contribution < 1.29 is 0 Å². The van der Waals surface area contributed by atoms with E-state index in [1.807, 2.05) is 11.6 Å². The van der Waals surface area contributed by atoms with Crippen LogP contribution < -0.4 is 11.1 Å². The number of anilines is 2. The van der Waals surface area contributed by atoms with Gasteiger partial charge in [0.2, 0.25) is 0 Å². The molecule has 4 nitrogen and oxygen atoms in total. The van der Waals surface area contributed by atoms with Crippen LogP contribution >= 0.6 is 11.3 Å². The minimum atomic E-state index is 0.748. The third-order valence-electron chi connectivity index (χ3n) is 2.42. The van der Waals surface area contributed by atoms with Crippen molar-refractivity contribution in [3.63, 3.8) is 0 Å². The van der Waals surface area contributed by atoms with Crippen LogP contribution in [-0.2, 0) is 0 Å². The van der Waals surface area contributed by atoms with Gasteiger partial charge in [0, 0.05) is 13.1 Å². The molecule has 0 aliphatic heterocycles. The molecule has 0 bridgehead atoms. The molecular weight excluding hydrogens is 220 g/mol. The second-order valence-electron chi connectivity index (χ2n) is 3.96. The highest BCUT2D eigenvalue weighted by molar-refractivity contribution is 7.16. The van der Waals surface area contributed by atoms with Gasteiger partial charge in [-0.25, -0.2) is 4.98 Å². The number of hydrogen-bond acceptors (Lipinski definition) is 5. The van der Waals surface area contributed by atoms with Gasteiger partial charge >= 0.3 is 0 Å². The molecule has 0 amide bonds.